The van der Waals surface area contributed by atoms with Gasteiger partial charge in [0.2, 0.25) is 0 Å². The molecule has 3 aromatic rings. The molecule has 3 rings (SSSR count). The average molecular weight is 410 g/mol. The number of benzene rings is 3. The lowest BCUT2D eigenvalue weighted by atomic mass is 9.83. The summed E-state index contributed by atoms with van der Waals surface area (Å²) in [7, 11) is -2.13. The van der Waals surface area contributed by atoms with Gasteiger partial charge in [0.1, 0.15) is 5.75 Å². The molecule has 0 unspecified atom stereocenters. The van der Waals surface area contributed by atoms with Gasteiger partial charge >= 0.3 is 7.60 Å². The topological polar surface area (TPSA) is 44.8 Å². The number of hydrogen-bond donors (Lipinski definition) is 0. The van der Waals surface area contributed by atoms with Gasteiger partial charge in [-0.3, -0.25) is 4.57 Å². The molecule has 0 saturated carbocycles. The Hall–Kier alpha value is -2.39. The van der Waals surface area contributed by atoms with Crippen LogP contribution in [-0.4, -0.2) is 20.3 Å². The number of para-hydroxylation sites is 1. The molecule has 0 bridgehead atoms. The van der Waals surface area contributed by atoms with Crippen LogP contribution >= 0.6 is 7.60 Å². The summed E-state index contributed by atoms with van der Waals surface area (Å²) in [4.78, 5) is 0. The zero-order chi connectivity index (χ0) is 20.7. The van der Waals surface area contributed by atoms with Crippen LogP contribution in [0, 0.1) is 0 Å². The maximum Gasteiger partial charge on any atom is 0.350 e. The number of ether oxygens (including phenoxy) is 1. The zero-order valence-electron chi connectivity index (χ0n) is 17.1. The van der Waals surface area contributed by atoms with Crippen LogP contribution in [0.1, 0.15) is 30.5 Å². The fraction of sp³-hybridized carbons (Fsp3) is 0.250. The van der Waals surface area contributed by atoms with E-state index in [-0.39, 0.29) is 13.2 Å². The average Bonchev–Trinajstić information content (AvgIpc) is 2.76. The molecule has 4 nitrogen and oxygen atoms in total. The molecule has 0 aliphatic heterocycles. The molecule has 0 radical (unpaired) electrons. The second kappa shape index (κ2) is 9.41. The van der Waals surface area contributed by atoms with E-state index < -0.39 is 12.8 Å². The summed E-state index contributed by atoms with van der Waals surface area (Å²) in [5.41, 5.74) is 2.38. The van der Waals surface area contributed by atoms with Crippen LogP contribution in [0.2, 0.25) is 0 Å². The van der Waals surface area contributed by atoms with Crippen LogP contribution in [0.15, 0.2) is 84.9 Å². The highest BCUT2D eigenvalue weighted by Crippen LogP contribution is 2.71. The third-order valence-electron chi connectivity index (χ3n) is 4.89. The lowest BCUT2D eigenvalue weighted by Gasteiger charge is -2.41. The number of hydrogen-bond acceptors (Lipinski definition) is 4. The molecule has 152 valence electrons. The largest absolute Gasteiger partial charge is 0.496 e. The van der Waals surface area contributed by atoms with Crippen LogP contribution in [0.5, 0.6) is 5.75 Å². The molecule has 0 fully saturated rings. The first-order valence-corrected chi connectivity index (χ1v) is 11.3. The molecule has 0 N–H and O–H groups in total. The second-order valence-electron chi connectivity index (χ2n) is 6.48. The van der Waals surface area contributed by atoms with Crippen LogP contribution in [0.4, 0.5) is 0 Å². The molecular weight excluding hydrogens is 383 g/mol. The zero-order valence-corrected chi connectivity index (χ0v) is 18.0. The van der Waals surface area contributed by atoms with Crippen LogP contribution in [-0.2, 0) is 18.8 Å². The molecule has 0 aliphatic rings. The maximum atomic E-state index is 14.6. The Bertz CT molecular complexity index is 907. The van der Waals surface area contributed by atoms with Gasteiger partial charge in [-0.1, -0.05) is 78.9 Å². The van der Waals surface area contributed by atoms with E-state index in [9.17, 15) is 4.57 Å². The van der Waals surface area contributed by atoms with Gasteiger partial charge in [0, 0.05) is 5.56 Å². The van der Waals surface area contributed by atoms with E-state index in [0.29, 0.717) is 5.75 Å². The molecule has 0 atom stereocenters. The van der Waals surface area contributed by atoms with Crippen molar-refractivity contribution < 1.29 is 18.3 Å². The van der Waals surface area contributed by atoms with E-state index in [2.05, 4.69) is 0 Å². The standard InChI is InChI=1S/C24H27O4P/c1-4-27-29(25,28-5-2)24(20-14-8-6-9-15-20,21-16-10-7-11-17-21)22-18-12-13-19-23(22)26-3/h6-19H,4-5H2,1-3H3. The minimum atomic E-state index is -3.75. The summed E-state index contributed by atoms with van der Waals surface area (Å²) < 4.78 is 32.3. The van der Waals surface area contributed by atoms with Gasteiger partial charge in [0.05, 0.1) is 20.3 Å². The fourth-order valence-electron chi connectivity index (χ4n) is 3.81. The molecule has 5 heteroatoms. The van der Waals surface area contributed by atoms with Crippen molar-refractivity contribution in [2.75, 3.05) is 20.3 Å². The molecule has 0 heterocycles. The van der Waals surface area contributed by atoms with Gasteiger partial charge in [0.25, 0.3) is 0 Å². The van der Waals surface area contributed by atoms with Gasteiger partial charge in [-0.2, -0.15) is 0 Å². The Labute approximate surface area is 173 Å². The highest BCUT2D eigenvalue weighted by atomic mass is 31.2. The van der Waals surface area contributed by atoms with Crippen molar-refractivity contribution in [2.24, 2.45) is 0 Å². The Morgan fingerprint density at radius 2 is 1.17 bits per heavy atom. The predicted octanol–water partition coefficient (Wildman–Crippen LogP) is 6.25. The van der Waals surface area contributed by atoms with E-state index in [1.54, 1.807) is 7.11 Å². The molecule has 0 saturated heterocycles. The van der Waals surface area contributed by atoms with Crippen LogP contribution < -0.4 is 4.74 Å². The van der Waals surface area contributed by atoms with E-state index in [1.807, 2.05) is 98.8 Å². The molecular formula is C24H27O4P. The second-order valence-corrected chi connectivity index (χ2v) is 8.66. The highest BCUT2D eigenvalue weighted by molar-refractivity contribution is 7.55. The molecule has 0 amide bonds. The number of methoxy groups -OCH3 is 1. The fourth-order valence-corrected chi connectivity index (χ4v) is 6.37. The Balaban J connectivity index is 2.52. The van der Waals surface area contributed by atoms with Crippen molar-refractivity contribution in [1.82, 2.24) is 0 Å². The summed E-state index contributed by atoms with van der Waals surface area (Å²) in [6, 6.07) is 27.1. The minimum Gasteiger partial charge on any atom is -0.496 e. The van der Waals surface area contributed by atoms with E-state index in [4.69, 9.17) is 13.8 Å². The van der Waals surface area contributed by atoms with Crippen molar-refractivity contribution >= 4 is 7.60 Å². The van der Waals surface area contributed by atoms with Crippen molar-refractivity contribution in [2.45, 2.75) is 19.0 Å². The summed E-state index contributed by atoms with van der Waals surface area (Å²) in [5, 5.41) is -1.19. The number of rotatable bonds is 9. The first kappa shape index (κ1) is 21.3. The summed E-state index contributed by atoms with van der Waals surface area (Å²) in [5.74, 6) is 0.625. The highest BCUT2D eigenvalue weighted by Gasteiger charge is 2.56. The molecule has 0 aliphatic carbocycles. The Kier molecular flexibility index (Phi) is 6.92. The van der Waals surface area contributed by atoms with Crippen molar-refractivity contribution in [3.05, 3.63) is 102 Å². The molecule has 3 aromatic carbocycles. The summed E-state index contributed by atoms with van der Waals surface area (Å²) >= 11 is 0. The predicted molar refractivity (Wildman–Crippen MR) is 117 cm³/mol. The van der Waals surface area contributed by atoms with Crippen LogP contribution in [0.3, 0.4) is 0 Å². The lowest BCUT2D eigenvalue weighted by Crippen LogP contribution is -2.32. The van der Waals surface area contributed by atoms with E-state index >= 15 is 0 Å². The lowest BCUT2D eigenvalue weighted by molar-refractivity contribution is 0.206. The van der Waals surface area contributed by atoms with Gasteiger partial charge in [-0.05, 0) is 31.0 Å². The van der Waals surface area contributed by atoms with Crippen LogP contribution in [0.25, 0.3) is 0 Å². The molecule has 0 spiro atoms. The molecule has 29 heavy (non-hydrogen) atoms. The van der Waals surface area contributed by atoms with Gasteiger partial charge in [-0.15, -0.1) is 0 Å². The SMILES string of the molecule is CCOP(=O)(OCC)C(c1ccccc1)(c1ccccc1)c1ccccc1OC. The van der Waals surface area contributed by atoms with Crippen molar-refractivity contribution in [1.29, 1.82) is 0 Å². The van der Waals surface area contributed by atoms with Crippen molar-refractivity contribution in [3.63, 3.8) is 0 Å². The van der Waals surface area contributed by atoms with Crippen molar-refractivity contribution in [3.8, 4) is 5.75 Å². The summed E-state index contributed by atoms with van der Waals surface area (Å²) in [6.45, 7) is 4.17. The normalized spacial score (nSPS) is 12.0. The minimum absolute atomic E-state index is 0.258. The third-order valence-corrected chi connectivity index (χ3v) is 7.66. The van der Waals surface area contributed by atoms with Gasteiger partial charge < -0.3 is 13.8 Å². The van der Waals surface area contributed by atoms with Gasteiger partial charge in [0.15, 0.2) is 5.16 Å². The Morgan fingerprint density at radius 3 is 1.62 bits per heavy atom. The van der Waals surface area contributed by atoms with Gasteiger partial charge in [-0.25, -0.2) is 0 Å². The third kappa shape index (κ3) is 3.76. The maximum absolute atomic E-state index is 14.6. The monoisotopic (exact) mass is 410 g/mol. The smallest absolute Gasteiger partial charge is 0.350 e. The first-order chi connectivity index (χ1) is 14.1. The van der Waals surface area contributed by atoms with E-state index in [0.717, 1.165) is 16.7 Å². The first-order valence-electron chi connectivity index (χ1n) is 9.77. The van der Waals surface area contributed by atoms with E-state index in [1.165, 1.54) is 0 Å². The summed E-state index contributed by atoms with van der Waals surface area (Å²) in [6.07, 6.45) is 0. The quantitative estimate of drug-likeness (QED) is 0.309. The Morgan fingerprint density at radius 1 is 0.724 bits per heavy atom. The molecule has 0 aromatic heterocycles.